The van der Waals surface area contributed by atoms with Gasteiger partial charge in [0.1, 0.15) is 0 Å². The summed E-state index contributed by atoms with van der Waals surface area (Å²) in [6.07, 6.45) is 2.26. The van der Waals surface area contributed by atoms with Gasteiger partial charge in [-0.1, -0.05) is 5.16 Å². The maximum atomic E-state index is 10.9. The molecule has 0 bridgehead atoms. The maximum absolute atomic E-state index is 10.9. The van der Waals surface area contributed by atoms with Crippen molar-refractivity contribution in [1.82, 2.24) is 19.7 Å². The molecule has 2 aromatic rings. The first-order valence-electron chi connectivity index (χ1n) is 4.74. The third-order valence-corrected chi connectivity index (χ3v) is 2.38. The Hall–Kier alpha value is -1.76. The number of rotatable bonds is 3. The van der Waals surface area contributed by atoms with Gasteiger partial charge in [-0.25, -0.2) is 0 Å². The summed E-state index contributed by atoms with van der Waals surface area (Å²) in [5.41, 5.74) is -0.198. The third kappa shape index (κ3) is 2.43. The summed E-state index contributed by atoms with van der Waals surface area (Å²) in [5, 5.41) is 3.77. The lowest BCUT2D eigenvalue weighted by Gasteiger charge is -2.02. The topological polar surface area (TPSA) is 76.7 Å². The van der Waals surface area contributed by atoms with Crippen molar-refractivity contribution in [3.05, 3.63) is 39.1 Å². The Bertz CT molecular complexity index is 598. The quantitative estimate of drug-likeness (QED) is 0.802. The molecule has 2 aromatic heterocycles. The molecule has 0 aromatic carbocycles. The number of hydrogen-bond acceptors (Lipinski definition) is 5. The number of nitrogens with zero attached hydrogens (tertiary/aromatic N) is 3. The van der Waals surface area contributed by atoms with E-state index in [1.54, 1.807) is 17.7 Å². The van der Waals surface area contributed by atoms with E-state index >= 15 is 0 Å². The van der Waals surface area contributed by atoms with Crippen molar-refractivity contribution in [1.29, 1.82) is 0 Å². The van der Waals surface area contributed by atoms with Gasteiger partial charge in [0.15, 0.2) is 10.6 Å². The van der Waals surface area contributed by atoms with E-state index < -0.39 is 0 Å². The Morgan fingerprint density at radius 2 is 2.44 bits per heavy atom. The Kier molecular flexibility index (Phi) is 2.95. The fourth-order valence-corrected chi connectivity index (χ4v) is 1.54. The largest absolute Gasteiger partial charge is 0.340 e. The van der Waals surface area contributed by atoms with Gasteiger partial charge in [0, 0.05) is 32.2 Å². The van der Waals surface area contributed by atoms with Crippen LogP contribution in [-0.2, 0) is 13.0 Å². The van der Waals surface area contributed by atoms with Crippen molar-refractivity contribution in [2.24, 2.45) is 0 Å². The van der Waals surface area contributed by atoms with E-state index in [1.807, 2.05) is 0 Å². The van der Waals surface area contributed by atoms with Crippen molar-refractivity contribution >= 4 is 12.2 Å². The first-order valence-corrected chi connectivity index (χ1v) is 5.15. The first-order chi connectivity index (χ1) is 7.65. The second kappa shape index (κ2) is 4.40. The highest BCUT2D eigenvalue weighted by molar-refractivity contribution is 7.71. The normalized spacial score (nSPS) is 10.6. The molecule has 0 atom stereocenters. The fourth-order valence-electron chi connectivity index (χ4n) is 1.28. The van der Waals surface area contributed by atoms with Crippen molar-refractivity contribution < 1.29 is 4.52 Å². The van der Waals surface area contributed by atoms with Gasteiger partial charge in [0.2, 0.25) is 5.89 Å². The number of nitrogens with one attached hydrogen (secondary N) is 1. The lowest BCUT2D eigenvalue weighted by atomic mass is 10.4. The number of H-pyrrole nitrogens is 1. The van der Waals surface area contributed by atoms with Gasteiger partial charge in [-0.15, -0.1) is 0 Å². The zero-order chi connectivity index (χ0) is 11.5. The number of aromatic amines is 1. The molecular formula is C9H10N4O2S. The van der Waals surface area contributed by atoms with Gasteiger partial charge in [-0.2, -0.15) is 4.98 Å². The summed E-state index contributed by atoms with van der Waals surface area (Å²) in [6.45, 7) is 2.34. The predicted molar refractivity (Wildman–Crippen MR) is 58.6 cm³/mol. The van der Waals surface area contributed by atoms with E-state index in [1.165, 1.54) is 6.07 Å². The summed E-state index contributed by atoms with van der Waals surface area (Å²) < 4.78 is 7.00. The smallest absolute Gasteiger partial charge is 0.251 e. The van der Waals surface area contributed by atoms with E-state index in [0.717, 1.165) is 0 Å². The predicted octanol–water partition coefficient (Wildman–Crippen LogP) is 0.840. The molecule has 16 heavy (non-hydrogen) atoms. The van der Waals surface area contributed by atoms with Crippen LogP contribution >= 0.6 is 12.2 Å². The molecule has 0 unspecified atom stereocenters. The molecule has 0 aliphatic heterocycles. The van der Waals surface area contributed by atoms with Crippen LogP contribution in [0.1, 0.15) is 11.7 Å². The number of aromatic nitrogens is 4. The Morgan fingerprint density at radius 3 is 3.06 bits per heavy atom. The van der Waals surface area contributed by atoms with E-state index in [2.05, 4.69) is 15.1 Å². The number of hydrogen-bond donors (Lipinski definition) is 1. The van der Waals surface area contributed by atoms with Crippen LogP contribution in [0.15, 0.2) is 21.6 Å². The van der Waals surface area contributed by atoms with Crippen molar-refractivity contribution in [3.63, 3.8) is 0 Å². The van der Waals surface area contributed by atoms with E-state index in [-0.39, 0.29) is 5.56 Å². The lowest BCUT2D eigenvalue weighted by Crippen LogP contribution is -2.12. The molecule has 0 saturated heterocycles. The summed E-state index contributed by atoms with van der Waals surface area (Å²) in [6, 6.07) is 1.43. The van der Waals surface area contributed by atoms with Crippen LogP contribution in [0.4, 0.5) is 0 Å². The minimum Gasteiger partial charge on any atom is -0.340 e. The van der Waals surface area contributed by atoms with Crippen LogP contribution in [0.25, 0.3) is 0 Å². The minimum atomic E-state index is -0.198. The molecule has 1 N–H and O–H groups in total. The first kappa shape index (κ1) is 10.7. The van der Waals surface area contributed by atoms with Crippen LogP contribution in [0, 0.1) is 11.7 Å². The molecule has 0 aliphatic carbocycles. The van der Waals surface area contributed by atoms with E-state index in [4.69, 9.17) is 16.7 Å². The molecule has 2 heterocycles. The molecule has 0 saturated carbocycles. The molecule has 0 spiro atoms. The molecule has 0 aliphatic rings. The third-order valence-electron chi connectivity index (χ3n) is 2.04. The molecule has 2 rings (SSSR count). The average Bonchev–Trinajstić information content (AvgIpc) is 2.63. The van der Waals surface area contributed by atoms with Gasteiger partial charge < -0.3 is 9.09 Å². The Labute approximate surface area is 95.9 Å². The Balaban J connectivity index is 2.10. The van der Waals surface area contributed by atoms with Crippen molar-refractivity contribution in [3.8, 4) is 0 Å². The molecule has 0 radical (unpaired) electrons. The van der Waals surface area contributed by atoms with Crippen LogP contribution in [0.5, 0.6) is 0 Å². The molecular weight excluding hydrogens is 228 g/mol. The lowest BCUT2D eigenvalue weighted by molar-refractivity contribution is 0.386. The van der Waals surface area contributed by atoms with Gasteiger partial charge in [-0.3, -0.25) is 9.78 Å². The van der Waals surface area contributed by atoms with Crippen molar-refractivity contribution in [2.45, 2.75) is 19.9 Å². The molecule has 7 heteroatoms. The van der Waals surface area contributed by atoms with Crippen LogP contribution in [0.3, 0.4) is 0 Å². The number of aryl methyl sites for hydroxylation is 3. The average molecular weight is 238 g/mol. The highest BCUT2D eigenvalue weighted by Gasteiger charge is 2.02. The minimum absolute atomic E-state index is 0.198. The van der Waals surface area contributed by atoms with Gasteiger partial charge in [0.25, 0.3) is 5.56 Å². The summed E-state index contributed by atoms with van der Waals surface area (Å²) in [7, 11) is 0. The molecule has 6 nitrogen and oxygen atoms in total. The molecule has 84 valence electrons. The van der Waals surface area contributed by atoms with Crippen LogP contribution in [0.2, 0.25) is 0 Å². The summed E-state index contributed by atoms with van der Waals surface area (Å²) >= 11 is 5.00. The van der Waals surface area contributed by atoms with Crippen LogP contribution < -0.4 is 5.56 Å². The Morgan fingerprint density at radius 1 is 1.62 bits per heavy atom. The van der Waals surface area contributed by atoms with E-state index in [0.29, 0.717) is 29.5 Å². The van der Waals surface area contributed by atoms with Crippen molar-refractivity contribution in [2.75, 3.05) is 0 Å². The zero-order valence-electron chi connectivity index (χ0n) is 8.64. The highest BCUT2D eigenvalue weighted by atomic mass is 32.1. The molecule has 0 amide bonds. The maximum Gasteiger partial charge on any atom is 0.251 e. The second-order valence-electron chi connectivity index (χ2n) is 3.28. The summed E-state index contributed by atoms with van der Waals surface area (Å²) in [5.74, 6) is 1.17. The monoisotopic (exact) mass is 238 g/mol. The standard InChI is InChI=1S/C9H10N4O2S/c1-6-10-7(12-15-6)2-4-13-5-3-8(14)11-9(13)16/h3,5H,2,4H2,1H3,(H,11,14,16). The SMILES string of the molecule is Cc1nc(CCn2ccc(=O)[nH]c2=S)no1. The zero-order valence-corrected chi connectivity index (χ0v) is 9.45. The summed E-state index contributed by atoms with van der Waals surface area (Å²) in [4.78, 5) is 17.6. The highest BCUT2D eigenvalue weighted by Crippen LogP contribution is 1.98. The van der Waals surface area contributed by atoms with E-state index in [9.17, 15) is 4.79 Å². The molecule has 0 fully saturated rings. The van der Waals surface area contributed by atoms with Crippen LogP contribution in [-0.4, -0.2) is 19.7 Å². The van der Waals surface area contributed by atoms with Gasteiger partial charge in [0.05, 0.1) is 0 Å². The second-order valence-corrected chi connectivity index (χ2v) is 3.67. The van der Waals surface area contributed by atoms with Gasteiger partial charge in [-0.05, 0) is 12.2 Å². The van der Waals surface area contributed by atoms with Gasteiger partial charge >= 0.3 is 0 Å². The fraction of sp³-hybridized carbons (Fsp3) is 0.333.